The summed E-state index contributed by atoms with van der Waals surface area (Å²) in [7, 11) is 0. The number of halogens is 2. The third-order valence-corrected chi connectivity index (χ3v) is 3.87. The molecule has 0 amide bonds. The Balaban J connectivity index is 1.96. The molecule has 1 aliphatic carbocycles. The molecule has 0 atom stereocenters. The molecule has 0 aromatic heterocycles. The average Bonchev–Trinajstić information content (AvgIpc) is 2.83. The Labute approximate surface area is 121 Å². The molecule has 0 spiro atoms. The first-order valence-electron chi connectivity index (χ1n) is 6.79. The van der Waals surface area contributed by atoms with Gasteiger partial charge in [-0.1, -0.05) is 36.4 Å². The Morgan fingerprint density at radius 2 is 1.81 bits per heavy atom. The fraction of sp³-hybridized carbons (Fsp3) is 0.235. The first-order chi connectivity index (χ1) is 9.97. The molecular formula is C17H14F2O2. The van der Waals surface area contributed by atoms with Crippen molar-refractivity contribution in [2.45, 2.75) is 25.2 Å². The molecule has 1 N–H and O–H groups in total. The van der Waals surface area contributed by atoms with Crippen LogP contribution in [0, 0.1) is 0 Å². The maximum absolute atomic E-state index is 14.1. The summed E-state index contributed by atoms with van der Waals surface area (Å²) in [5, 5.41) is 8.58. The first-order valence-corrected chi connectivity index (χ1v) is 6.79. The molecule has 0 saturated carbocycles. The van der Waals surface area contributed by atoms with Crippen molar-refractivity contribution in [1.82, 2.24) is 0 Å². The van der Waals surface area contributed by atoms with E-state index < -0.39 is 24.7 Å². The molecule has 0 aliphatic heterocycles. The summed E-state index contributed by atoms with van der Waals surface area (Å²) in [6, 6.07) is 12.4. The highest BCUT2D eigenvalue weighted by molar-refractivity contribution is 5.77. The molecule has 21 heavy (non-hydrogen) atoms. The van der Waals surface area contributed by atoms with Crippen molar-refractivity contribution in [2.24, 2.45) is 0 Å². The number of aliphatic carboxylic acids is 1. The van der Waals surface area contributed by atoms with Crippen LogP contribution in [0.4, 0.5) is 8.78 Å². The predicted molar refractivity (Wildman–Crippen MR) is 75.4 cm³/mol. The molecule has 4 heteroatoms. The van der Waals surface area contributed by atoms with Gasteiger partial charge in [0, 0.05) is 12.0 Å². The monoisotopic (exact) mass is 288 g/mol. The normalized spacial score (nSPS) is 12.9. The maximum atomic E-state index is 14.1. The van der Waals surface area contributed by atoms with Gasteiger partial charge in [-0.2, -0.15) is 0 Å². The van der Waals surface area contributed by atoms with Crippen LogP contribution in [0.15, 0.2) is 42.5 Å². The molecule has 3 rings (SSSR count). The van der Waals surface area contributed by atoms with E-state index in [0.717, 1.165) is 28.7 Å². The maximum Gasteiger partial charge on any atom is 0.303 e. The van der Waals surface area contributed by atoms with Gasteiger partial charge in [0.2, 0.25) is 0 Å². The Morgan fingerprint density at radius 1 is 1.10 bits per heavy atom. The lowest BCUT2D eigenvalue weighted by Gasteiger charge is -2.17. The van der Waals surface area contributed by atoms with Crippen LogP contribution in [-0.4, -0.2) is 11.1 Å². The molecule has 0 unspecified atom stereocenters. The smallest absolute Gasteiger partial charge is 0.303 e. The molecular weight excluding hydrogens is 274 g/mol. The lowest BCUT2D eigenvalue weighted by molar-refractivity contribution is -0.139. The number of hydrogen-bond donors (Lipinski definition) is 1. The number of alkyl halides is 2. The van der Waals surface area contributed by atoms with E-state index in [2.05, 4.69) is 0 Å². The van der Waals surface area contributed by atoms with E-state index in [9.17, 15) is 13.6 Å². The molecule has 0 fully saturated rings. The second kappa shape index (κ2) is 4.95. The van der Waals surface area contributed by atoms with Crippen LogP contribution in [0.5, 0.6) is 0 Å². The van der Waals surface area contributed by atoms with E-state index in [4.69, 9.17) is 5.11 Å². The summed E-state index contributed by atoms with van der Waals surface area (Å²) < 4.78 is 28.2. The number of fused-ring (bicyclic) bond motifs is 3. The van der Waals surface area contributed by atoms with Gasteiger partial charge in [-0.05, 0) is 34.7 Å². The number of carbonyl (C=O) groups is 1. The largest absolute Gasteiger partial charge is 0.481 e. The second-order valence-electron chi connectivity index (χ2n) is 5.30. The predicted octanol–water partition coefficient (Wildman–Crippen LogP) is 4.21. The van der Waals surface area contributed by atoms with Crippen molar-refractivity contribution in [2.75, 3.05) is 0 Å². The molecule has 0 saturated heterocycles. The number of carboxylic acid groups (broad SMARTS) is 1. The zero-order valence-electron chi connectivity index (χ0n) is 11.3. The zero-order chi connectivity index (χ0) is 15.0. The van der Waals surface area contributed by atoms with Gasteiger partial charge >= 0.3 is 5.97 Å². The van der Waals surface area contributed by atoms with Gasteiger partial charge in [0.25, 0.3) is 5.92 Å². The zero-order valence-corrected chi connectivity index (χ0v) is 11.3. The second-order valence-corrected chi connectivity index (χ2v) is 5.30. The summed E-state index contributed by atoms with van der Waals surface area (Å²) >= 11 is 0. The van der Waals surface area contributed by atoms with Crippen molar-refractivity contribution in [3.05, 3.63) is 59.2 Å². The lowest BCUT2D eigenvalue weighted by Crippen LogP contribution is -2.15. The number of carboxylic acids is 1. The Bertz CT molecular complexity index is 708. The topological polar surface area (TPSA) is 37.3 Å². The van der Waals surface area contributed by atoms with Gasteiger partial charge in [0.15, 0.2) is 0 Å². The highest BCUT2D eigenvalue weighted by Gasteiger charge is 2.33. The minimum Gasteiger partial charge on any atom is -0.481 e. The summed E-state index contributed by atoms with van der Waals surface area (Å²) in [5.41, 5.74) is 3.88. The van der Waals surface area contributed by atoms with Crippen LogP contribution in [0.2, 0.25) is 0 Å². The Kier molecular flexibility index (Phi) is 3.24. The highest BCUT2D eigenvalue weighted by atomic mass is 19.3. The van der Waals surface area contributed by atoms with Crippen LogP contribution < -0.4 is 0 Å². The fourth-order valence-electron chi connectivity index (χ4n) is 2.76. The highest BCUT2D eigenvalue weighted by Crippen LogP contribution is 2.41. The molecule has 0 bridgehead atoms. The van der Waals surface area contributed by atoms with Gasteiger partial charge in [-0.25, -0.2) is 8.78 Å². The number of rotatable bonds is 4. The Hall–Kier alpha value is -2.23. The molecule has 108 valence electrons. The van der Waals surface area contributed by atoms with E-state index in [1.54, 1.807) is 6.07 Å². The van der Waals surface area contributed by atoms with Crippen molar-refractivity contribution in [3.8, 4) is 11.1 Å². The number of hydrogen-bond acceptors (Lipinski definition) is 1. The summed E-state index contributed by atoms with van der Waals surface area (Å²) in [5.74, 6) is -4.33. The van der Waals surface area contributed by atoms with E-state index in [0.29, 0.717) is 0 Å². The molecule has 0 heterocycles. The van der Waals surface area contributed by atoms with E-state index >= 15 is 0 Å². The minimum atomic E-state index is -3.12. The van der Waals surface area contributed by atoms with E-state index in [1.807, 2.05) is 24.3 Å². The van der Waals surface area contributed by atoms with Gasteiger partial charge in [-0.15, -0.1) is 0 Å². The summed E-state index contributed by atoms with van der Waals surface area (Å²) in [4.78, 5) is 10.5. The molecule has 2 aromatic carbocycles. The van der Waals surface area contributed by atoms with Gasteiger partial charge < -0.3 is 5.11 Å². The third kappa shape index (κ3) is 2.53. The standard InChI is InChI=1S/C17H14F2O2/c18-17(19,8-7-16(20)21)13-6-5-12-9-11-3-1-2-4-14(11)15(12)10-13/h1-6,10H,7-9H2,(H,20,21). The van der Waals surface area contributed by atoms with Crippen LogP contribution in [0.1, 0.15) is 29.5 Å². The quantitative estimate of drug-likeness (QED) is 0.780. The van der Waals surface area contributed by atoms with Gasteiger partial charge in [-0.3, -0.25) is 4.79 Å². The third-order valence-electron chi connectivity index (χ3n) is 3.87. The summed E-state index contributed by atoms with van der Waals surface area (Å²) in [6.45, 7) is 0. The van der Waals surface area contributed by atoms with Crippen molar-refractivity contribution >= 4 is 5.97 Å². The first kappa shape index (κ1) is 13.7. The minimum absolute atomic E-state index is 0.112. The van der Waals surface area contributed by atoms with Crippen molar-refractivity contribution in [3.63, 3.8) is 0 Å². The van der Waals surface area contributed by atoms with Crippen molar-refractivity contribution in [1.29, 1.82) is 0 Å². The number of benzene rings is 2. The lowest BCUT2D eigenvalue weighted by atomic mass is 9.97. The van der Waals surface area contributed by atoms with Crippen molar-refractivity contribution < 1.29 is 18.7 Å². The van der Waals surface area contributed by atoms with Crippen LogP contribution in [-0.2, 0) is 17.1 Å². The van der Waals surface area contributed by atoms with Gasteiger partial charge in [0.1, 0.15) is 0 Å². The SMILES string of the molecule is O=C(O)CCC(F)(F)c1ccc2c(c1)-c1ccccc1C2. The summed E-state index contributed by atoms with van der Waals surface area (Å²) in [6.07, 6.45) is -0.462. The Morgan fingerprint density at radius 3 is 2.57 bits per heavy atom. The van der Waals surface area contributed by atoms with Gasteiger partial charge in [0.05, 0.1) is 6.42 Å². The van der Waals surface area contributed by atoms with E-state index in [-0.39, 0.29) is 5.56 Å². The molecule has 2 nitrogen and oxygen atoms in total. The average molecular weight is 288 g/mol. The van der Waals surface area contributed by atoms with Crippen LogP contribution in [0.25, 0.3) is 11.1 Å². The fourth-order valence-corrected chi connectivity index (χ4v) is 2.76. The molecule has 2 aromatic rings. The molecule has 1 aliphatic rings. The van der Waals surface area contributed by atoms with Crippen LogP contribution >= 0.6 is 0 Å². The van der Waals surface area contributed by atoms with Crippen LogP contribution in [0.3, 0.4) is 0 Å². The van der Waals surface area contributed by atoms with E-state index in [1.165, 1.54) is 12.1 Å². The molecule has 0 radical (unpaired) electrons.